The van der Waals surface area contributed by atoms with Crippen molar-refractivity contribution in [3.8, 4) is 0 Å². The number of aromatic amines is 2. The molecule has 0 radical (unpaired) electrons. The molecule has 3 N–H and O–H groups in total. The third-order valence-electron chi connectivity index (χ3n) is 2.75. The standard InChI is InChI=1S/C12H10N4O3/c1-6-8(5-13-16-6)11(17)14-7-2-3-10-9(4-7)15-12(18)19-10/h2-5H,1H3,(H,13,16)(H,14,17)(H,15,18). The maximum Gasteiger partial charge on any atom is 0.417 e. The Kier molecular flexibility index (Phi) is 2.45. The van der Waals surface area contributed by atoms with Crippen LogP contribution in [0.25, 0.3) is 11.1 Å². The van der Waals surface area contributed by atoms with Crippen molar-refractivity contribution >= 4 is 22.7 Å². The number of benzene rings is 1. The van der Waals surface area contributed by atoms with Crippen LogP contribution >= 0.6 is 0 Å². The van der Waals surface area contributed by atoms with Gasteiger partial charge >= 0.3 is 5.76 Å². The first-order valence-corrected chi connectivity index (χ1v) is 5.58. The lowest BCUT2D eigenvalue weighted by Gasteiger charge is -2.03. The highest BCUT2D eigenvalue weighted by atomic mass is 16.4. The SMILES string of the molecule is Cc1[nH]ncc1C(=O)Nc1ccc2oc(=O)[nH]c2c1. The lowest BCUT2D eigenvalue weighted by molar-refractivity contribution is 0.102. The van der Waals surface area contributed by atoms with E-state index < -0.39 is 5.76 Å². The zero-order valence-corrected chi connectivity index (χ0v) is 9.98. The molecule has 0 unspecified atom stereocenters. The van der Waals surface area contributed by atoms with Gasteiger partial charge in [-0.25, -0.2) is 4.79 Å². The first-order valence-electron chi connectivity index (χ1n) is 5.58. The fourth-order valence-corrected chi connectivity index (χ4v) is 1.81. The fourth-order valence-electron chi connectivity index (χ4n) is 1.81. The number of oxazole rings is 1. The Balaban J connectivity index is 1.91. The number of amides is 1. The molecule has 1 aromatic carbocycles. The predicted molar refractivity (Wildman–Crippen MR) is 68.1 cm³/mol. The highest BCUT2D eigenvalue weighted by molar-refractivity contribution is 6.05. The fraction of sp³-hybridized carbons (Fsp3) is 0.0833. The average molecular weight is 258 g/mol. The number of nitrogens with zero attached hydrogens (tertiary/aromatic N) is 1. The minimum atomic E-state index is -0.524. The Hall–Kier alpha value is -2.83. The van der Waals surface area contributed by atoms with Crippen LogP contribution in [0.15, 0.2) is 33.6 Å². The monoisotopic (exact) mass is 258 g/mol. The molecule has 0 fully saturated rings. The number of aryl methyl sites for hydroxylation is 1. The summed E-state index contributed by atoms with van der Waals surface area (Å²) in [5, 5.41) is 9.21. The predicted octanol–water partition coefficient (Wildman–Crippen LogP) is 1.40. The normalized spacial score (nSPS) is 10.8. The van der Waals surface area contributed by atoms with E-state index in [1.165, 1.54) is 6.20 Å². The number of anilines is 1. The summed E-state index contributed by atoms with van der Waals surface area (Å²) in [6, 6.07) is 4.91. The van der Waals surface area contributed by atoms with E-state index in [1.54, 1.807) is 25.1 Å². The van der Waals surface area contributed by atoms with Crippen LogP contribution in [0.3, 0.4) is 0 Å². The number of hydrogen-bond acceptors (Lipinski definition) is 4. The van der Waals surface area contributed by atoms with Gasteiger partial charge in [-0.2, -0.15) is 5.10 Å². The number of rotatable bonds is 2. The Labute approximate surface area is 106 Å². The van der Waals surface area contributed by atoms with Crippen LogP contribution in [0, 0.1) is 6.92 Å². The maximum atomic E-state index is 12.0. The molecule has 2 heterocycles. The molecule has 96 valence electrons. The summed E-state index contributed by atoms with van der Waals surface area (Å²) in [6.07, 6.45) is 1.46. The van der Waals surface area contributed by atoms with Crippen molar-refractivity contribution in [2.75, 3.05) is 5.32 Å². The van der Waals surface area contributed by atoms with E-state index in [2.05, 4.69) is 20.5 Å². The second-order valence-electron chi connectivity index (χ2n) is 4.09. The van der Waals surface area contributed by atoms with Crippen LogP contribution in [0.2, 0.25) is 0 Å². The van der Waals surface area contributed by atoms with Crippen molar-refractivity contribution in [3.63, 3.8) is 0 Å². The molecule has 3 rings (SSSR count). The topological polar surface area (TPSA) is 104 Å². The first-order chi connectivity index (χ1) is 9.13. The van der Waals surface area contributed by atoms with Crippen molar-refractivity contribution in [1.29, 1.82) is 0 Å². The summed E-state index contributed by atoms with van der Waals surface area (Å²) in [5.74, 6) is -0.791. The van der Waals surface area contributed by atoms with E-state index in [9.17, 15) is 9.59 Å². The van der Waals surface area contributed by atoms with Crippen LogP contribution in [-0.2, 0) is 0 Å². The van der Waals surface area contributed by atoms with Crippen molar-refractivity contribution in [3.05, 3.63) is 46.2 Å². The first kappa shape index (κ1) is 11.3. The molecule has 7 heteroatoms. The van der Waals surface area contributed by atoms with Gasteiger partial charge in [0, 0.05) is 11.4 Å². The Bertz CT molecular complexity index is 812. The third-order valence-corrected chi connectivity index (χ3v) is 2.75. The van der Waals surface area contributed by atoms with Gasteiger partial charge < -0.3 is 9.73 Å². The lowest BCUT2D eigenvalue weighted by atomic mass is 10.2. The quantitative estimate of drug-likeness (QED) is 0.646. The van der Waals surface area contributed by atoms with Gasteiger partial charge in [0.2, 0.25) is 0 Å². The highest BCUT2D eigenvalue weighted by Gasteiger charge is 2.11. The van der Waals surface area contributed by atoms with Crippen LogP contribution in [0.1, 0.15) is 16.1 Å². The third kappa shape index (κ3) is 2.01. The van der Waals surface area contributed by atoms with Gasteiger partial charge in [-0.05, 0) is 25.1 Å². The summed E-state index contributed by atoms with van der Waals surface area (Å²) in [7, 11) is 0. The van der Waals surface area contributed by atoms with Gasteiger partial charge in [-0.3, -0.25) is 14.9 Å². The van der Waals surface area contributed by atoms with Gasteiger partial charge in [-0.1, -0.05) is 0 Å². The van der Waals surface area contributed by atoms with Crippen LogP contribution < -0.4 is 11.1 Å². The number of carbonyl (C=O) groups is 1. The second-order valence-corrected chi connectivity index (χ2v) is 4.09. The van der Waals surface area contributed by atoms with E-state index in [1.807, 2.05) is 0 Å². The molecule has 19 heavy (non-hydrogen) atoms. The van der Waals surface area contributed by atoms with E-state index in [0.717, 1.165) is 0 Å². The van der Waals surface area contributed by atoms with Crippen LogP contribution in [0.4, 0.5) is 5.69 Å². The van der Waals surface area contributed by atoms with E-state index >= 15 is 0 Å². The largest absolute Gasteiger partial charge is 0.417 e. The smallest absolute Gasteiger partial charge is 0.408 e. The summed E-state index contributed by atoms with van der Waals surface area (Å²) in [5.41, 5.74) is 2.71. The van der Waals surface area contributed by atoms with Crippen molar-refractivity contribution < 1.29 is 9.21 Å². The van der Waals surface area contributed by atoms with Gasteiger partial charge in [0.05, 0.1) is 17.3 Å². The van der Waals surface area contributed by atoms with Gasteiger partial charge in [0.1, 0.15) is 0 Å². The number of hydrogen-bond donors (Lipinski definition) is 3. The maximum absolute atomic E-state index is 12.0. The summed E-state index contributed by atoms with van der Waals surface area (Å²) < 4.78 is 4.88. The molecule has 3 aromatic rings. The molecule has 7 nitrogen and oxygen atoms in total. The number of carbonyl (C=O) groups excluding carboxylic acids is 1. The molecule has 0 saturated heterocycles. The van der Waals surface area contributed by atoms with Crippen molar-refractivity contribution in [1.82, 2.24) is 15.2 Å². The minimum Gasteiger partial charge on any atom is -0.408 e. The summed E-state index contributed by atoms with van der Waals surface area (Å²) >= 11 is 0. The van der Waals surface area contributed by atoms with Crippen molar-refractivity contribution in [2.45, 2.75) is 6.92 Å². The number of fused-ring (bicyclic) bond motifs is 1. The second kappa shape index (κ2) is 4.13. The Morgan fingerprint density at radius 1 is 1.42 bits per heavy atom. The minimum absolute atomic E-state index is 0.267. The number of aromatic nitrogens is 3. The molecule has 2 aromatic heterocycles. The summed E-state index contributed by atoms with van der Waals surface area (Å²) in [4.78, 5) is 25.5. The zero-order valence-electron chi connectivity index (χ0n) is 9.98. The molecule has 0 spiro atoms. The molecule has 0 aliphatic rings. The van der Waals surface area contributed by atoms with E-state index in [4.69, 9.17) is 4.42 Å². The molecule has 0 aliphatic heterocycles. The Morgan fingerprint density at radius 3 is 3.00 bits per heavy atom. The van der Waals surface area contributed by atoms with E-state index in [0.29, 0.717) is 28.0 Å². The molecule has 0 aliphatic carbocycles. The van der Waals surface area contributed by atoms with Gasteiger partial charge in [-0.15, -0.1) is 0 Å². The van der Waals surface area contributed by atoms with Gasteiger partial charge in [0.15, 0.2) is 5.58 Å². The average Bonchev–Trinajstić information content (AvgIpc) is 2.93. The summed E-state index contributed by atoms with van der Waals surface area (Å²) in [6.45, 7) is 1.76. The molecule has 0 saturated carbocycles. The van der Waals surface area contributed by atoms with Crippen molar-refractivity contribution in [2.24, 2.45) is 0 Å². The molecule has 1 amide bonds. The number of nitrogens with one attached hydrogen (secondary N) is 3. The van der Waals surface area contributed by atoms with Crippen LogP contribution in [-0.4, -0.2) is 21.1 Å². The molecule has 0 atom stereocenters. The van der Waals surface area contributed by atoms with Crippen LogP contribution in [0.5, 0.6) is 0 Å². The van der Waals surface area contributed by atoms with Gasteiger partial charge in [0.25, 0.3) is 5.91 Å². The zero-order chi connectivity index (χ0) is 13.4. The molecular weight excluding hydrogens is 248 g/mol. The lowest BCUT2D eigenvalue weighted by Crippen LogP contribution is -2.12. The molecular formula is C12H10N4O3. The van der Waals surface area contributed by atoms with E-state index in [-0.39, 0.29) is 5.91 Å². The highest BCUT2D eigenvalue weighted by Crippen LogP contribution is 2.17. The Morgan fingerprint density at radius 2 is 2.26 bits per heavy atom. The number of H-pyrrole nitrogens is 2. The molecule has 0 bridgehead atoms.